The molecule has 1 aliphatic carbocycles. The Kier molecular flexibility index (Phi) is 7.20. The molecule has 0 bridgehead atoms. The number of methoxy groups -OCH3 is 1. The SMILES string of the molecule is COC(=O)C1CCC(N2Cc3ccc(-c4noc(-c5ccc(OC(CF)CF)c(Cl)c5)n4)cc3C2)C1. The molecule has 36 heavy (non-hydrogen) atoms. The van der Waals surface area contributed by atoms with Gasteiger partial charge in [-0.15, -0.1) is 0 Å². The summed E-state index contributed by atoms with van der Waals surface area (Å²) < 4.78 is 41.1. The van der Waals surface area contributed by atoms with E-state index in [4.69, 9.17) is 25.6 Å². The number of aromatic nitrogens is 2. The van der Waals surface area contributed by atoms with Crippen LogP contribution >= 0.6 is 11.6 Å². The second kappa shape index (κ2) is 10.5. The number of halogens is 3. The number of esters is 1. The first-order chi connectivity index (χ1) is 17.5. The van der Waals surface area contributed by atoms with Crippen LogP contribution in [0.2, 0.25) is 5.02 Å². The van der Waals surface area contributed by atoms with Crippen LogP contribution in [0, 0.1) is 5.92 Å². The number of nitrogens with zero attached hydrogens (tertiary/aromatic N) is 3. The van der Waals surface area contributed by atoms with E-state index in [1.54, 1.807) is 12.1 Å². The highest BCUT2D eigenvalue weighted by Gasteiger charge is 2.36. The van der Waals surface area contributed by atoms with E-state index in [-0.39, 0.29) is 28.6 Å². The summed E-state index contributed by atoms with van der Waals surface area (Å²) >= 11 is 6.24. The lowest BCUT2D eigenvalue weighted by atomic mass is 10.1. The Labute approximate surface area is 212 Å². The highest BCUT2D eigenvalue weighted by atomic mass is 35.5. The Bertz CT molecular complexity index is 1250. The first-order valence-electron chi connectivity index (χ1n) is 11.8. The Morgan fingerprint density at radius 2 is 1.92 bits per heavy atom. The Hall–Kier alpha value is -3.04. The molecule has 0 spiro atoms. The third kappa shape index (κ3) is 4.95. The first-order valence-corrected chi connectivity index (χ1v) is 12.2. The Morgan fingerprint density at radius 3 is 2.67 bits per heavy atom. The second-order valence-corrected chi connectivity index (χ2v) is 9.60. The van der Waals surface area contributed by atoms with Crippen LogP contribution in [0.25, 0.3) is 22.8 Å². The van der Waals surface area contributed by atoms with Crippen molar-refractivity contribution in [2.24, 2.45) is 5.92 Å². The van der Waals surface area contributed by atoms with Crippen molar-refractivity contribution in [3.05, 3.63) is 52.5 Å². The van der Waals surface area contributed by atoms with Crippen LogP contribution in [0.4, 0.5) is 8.78 Å². The average molecular weight is 518 g/mol. The lowest BCUT2D eigenvalue weighted by Gasteiger charge is -2.23. The molecule has 190 valence electrons. The summed E-state index contributed by atoms with van der Waals surface area (Å²) in [4.78, 5) is 18.8. The zero-order valence-corrected chi connectivity index (χ0v) is 20.5. The quantitative estimate of drug-likeness (QED) is 0.370. The topological polar surface area (TPSA) is 77.7 Å². The molecule has 2 atom stereocenters. The smallest absolute Gasteiger partial charge is 0.308 e. The van der Waals surface area contributed by atoms with E-state index in [1.165, 1.54) is 24.3 Å². The van der Waals surface area contributed by atoms with Gasteiger partial charge in [-0.2, -0.15) is 4.98 Å². The summed E-state index contributed by atoms with van der Waals surface area (Å²) in [7, 11) is 1.45. The van der Waals surface area contributed by atoms with E-state index in [1.807, 2.05) is 6.07 Å². The third-order valence-electron chi connectivity index (χ3n) is 6.91. The minimum absolute atomic E-state index is 0.0139. The Morgan fingerprint density at radius 1 is 1.14 bits per heavy atom. The van der Waals surface area contributed by atoms with Crippen LogP contribution in [0.1, 0.15) is 30.4 Å². The molecule has 2 heterocycles. The van der Waals surface area contributed by atoms with Gasteiger partial charge in [0.05, 0.1) is 18.1 Å². The molecule has 1 aromatic heterocycles. The van der Waals surface area contributed by atoms with Crippen molar-refractivity contribution < 1.29 is 27.6 Å². The van der Waals surface area contributed by atoms with E-state index in [9.17, 15) is 13.6 Å². The van der Waals surface area contributed by atoms with Gasteiger partial charge < -0.3 is 14.0 Å². The summed E-state index contributed by atoms with van der Waals surface area (Å²) in [6.45, 7) is -0.240. The molecule has 0 saturated heterocycles. The van der Waals surface area contributed by atoms with Gasteiger partial charge in [-0.25, -0.2) is 8.78 Å². The predicted octanol–water partition coefficient (Wildman–Crippen LogP) is 5.40. The number of hydrogen-bond acceptors (Lipinski definition) is 7. The molecule has 3 aromatic rings. The monoisotopic (exact) mass is 517 g/mol. The number of ether oxygens (including phenoxy) is 2. The minimum Gasteiger partial charge on any atom is -0.483 e. The molecular weight excluding hydrogens is 492 g/mol. The maximum absolute atomic E-state index is 12.8. The predicted molar refractivity (Wildman–Crippen MR) is 129 cm³/mol. The van der Waals surface area contributed by atoms with Crippen LogP contribution in [0.5, 0.6) is 5.75 Å². The first kappa shape index (κ1) is 24.6. The lowest BCUT2D eigenvalue weighted by Crippen LogP contribution is -2.29. The normalized spacial score (nSPS) is 19.6. The largest absolute Gasteiger partial charge is 0.483 e. The fourth-order valence-electron chi connectivity index (χ4n) is 4.96. The molecule has 1 fully saturated rings. The zero-order valence-electron chi connectivity index (χ0n) is 19.8. The molecule has 7 nitrogen and oxygen atoms in total. The number of rotatable bonds is 8. The summed E-state index contributed by atoms with van der Waals surface area (Å²) in [6, 6.07) is 11.2. The van der Waals surface area contributed by atoms with E-state index in [2.05, 4.69) is 27.2 Å². The van der Waals surface area contributed by atoms with E-state index < -0.39 is 19.5 Å². The van der Waals surface area contributed by atoms with E-state index in [0.29, 0.717) is 17.4 Å². The molecule has 0 N–H and O–H groups in total. The molecular formula is C26H26ClF2N3O4. The van der Waals surface area contributed by atoms with Gasteiger partial charge in [0.2, 0.25) is 5.82 Å². The van der Waals surface area contributed by atoms with Gasteiger partial charge in [-0.05, 0) is 54.7 Å². The maximum atomic E-state index is 12.8. The fourth-order valence-corrected chi connectivity index (χ4v) is 5.18. The number of fused-ring (bicyclic) bond motifs is 1. The Balaban J connectivity index is 1.28. The van der Waals surface area contributed by atoms with E-state index in [0.717, 1.165) is 37.9 Å². The van der Waals surface area contributed by atoms with Crippen LogP contribution in [0.3, 0.4) is 0 Å². The number of benzene rings is 2. The van der Waals surface area contributed by atoms with Crippen molar-refractivity contribution in [2.75, 3.05) is 20.5 Å². The van der Waals surface area contributed by atoms with Gasteiger partial charge >= 0.3 is 5.97 Å². The summed E-state index contributed by atoms with van der Waals surface area (Å²) in [5.41, 5.74) is 3.87. The molecule has 1 saturated carbocycles. The van der Waals surface area contributed by atoms with Gasteiger partial charge in [0, 0.05) is 30.3 Å². The van der Waals surface area contributed by atoms with Crippen molar-refractivity contribution in [3.63, 3.8) is 0 Å². The highest BCUT2D eigenvalue weighted by Crippen LogP contribution is 2.37. The van der Waals surface area contributed by atoms with Crippen LogP contribution < -0.4 is 4.74 Å². The van der Waals surface area contributed by atoms with Crippen LogP contribution in [-0.2, 0) is 22.6 Å². The van der Waals surface area contributed by atoms with Gasteiger partial charge in [0.25, 0.3) is 5.89 Å². The van der Waals surface area contributed by atoms with Crippen LogP contribution in [-0.4, -0.2) is 53.6 Å². The fraction of sp³-hybridized carbons (Fsp3) is 0.423. The number of carbonyl (C=O) groups is 1. The van der Waals surface area contributed by atoms with Gasteiger partial charge in [0.15, 0.2) is 6.10 Å². The van der Waals surface area contributed by atoms with Crippen molar-refractivity contribution in [1.29, 1.82) is 0 Å². The molecule has 5 rings (SSSR count). The van der Waals surface area contributed by atoms with Gasteiger partial charge in [0.1, 0.15) is 19.1 Å². The molecule has 0 amide bonds. The van der Waals surface area contributed by atoms with Crippen molar-refractivity contribution in [1.82, 2.24) is 15.0 Å². The van der Waals surface area contributed by atoms with Crippen molar-refractivity contribution >= 4 is 17.6 Å². The van der Waals surface area contributed by atoms with E-state index >= 15 is 0 Å². The van der Waals surface area contributed by atoms with Crippen LogP contribution in [0.15, 0.2) is 40.9 Å². The molecule has 1 aliphatic heterocycles. The number of alkyl halides is 2. The maximum Gasteiger partial charge on any atom is 0.308 e. The average Bonchev–Trinajstić information content (AvgIpc) is 3.66. The lowest BCUT2D eigenvalue weighted by molar-refractivity contribution is -0.145. The zero-order chi connectivity index (χ0) is 25.2. The third-order valence-corrected chi connectivity index (χ3v) is 7.21. The number of carbonyl (C=O) groups excluding carboxylic acids is 1. The summed E-state index contributed by atoms with van der Waals surface area (Å²) in [5.74, 6) is 0.775. The minimum atomic E-state index is -1.19. The summed E-state index contributed by atoms with van der Waals surface area (Å²) in [6.07, 6.45) is 1.49. The van der Waals surface area contributed by atoms with Gasteiger partial charge in [-0.1, -0.05) is 28.9 Å². The van der Waals surface area contributed by atoms with Crippen molar-refractivity contribution in [2.45, 2.75) is 44.5 Å². The molecule has 2 aromatic carbocycles. The highest BCUT2D eigenvalue weighted by molar-refractivity contribution is 6.32. The molecule has 2 unspecified atom stereocenters. The van der Waals surface area contributed by atoms with Crippen molar-refractivity contribution in [3.8, 4) is 28.6 Å². The molecule has 10 heteroatoms. The van der Waals surface area contributed by atoms with Gasteiger partial charge in [-0.3, -0.25) is 9.69 Å². The standard InChI is InChI=1S/C26H26ClF2N3O4/c1-34-26(33)17-4-6-20(9-17)32-13-18-3-2-15(8-19(18)14-32)24-30-25(36-31-24)16-5-7-23(22(27)10-16)35-21(11-28)12-29/h2-3,5,7-8,10,17,20-21H,4,6,9,11-14H2,1H3. The molecule has 0 radical (unpaired) electrons. The number of hydrogen-bond donors (Lipinski definition) is 0. The molecule has 2 aliphatic rings. The summed E-state index contributed by atoms with van der Waals surface area (Å²) in [5, 5.41) is 4.32. The second-order valence-electron chi connectivity index (χ2n) is 9.19.